The molecule has 0 unspecified atom stereocenters. The fraction of sp³-hybridized carbons (Fsp3) is 0.588. The van der Waals surface area contributed by atoms with Crippen molar-refractivity contribution in [3.8, 4) is 5.75 Å². The molecule has 39 heavy (non-hydrogen) atoms. The minimum Gasteiger partial charge on any atom is -0.748 e. The van der Waals surface area contributed by atoms with E-state index in [2.05, 4.69) is 4.74 Å². The van der Waals surface area contributed by atoms with Crippen LogP contribution in [0.4, 0.5) is 65.9 Å². The van der Waals surface area contributed by atoms with Crippen molar-refractivity contribution in [3.05, 3.63) is 29.8 Å². The number of hydrogen-bond donors (Lipinski definition) is 0. The van der Waals surface area contributed by atoms with Crippen LogP contribution >= 0.6 is 0 Å². The van der Waals surface area contributed by atoms with Gasteiger partial charge in [0.25, 0.3) is 0 Å². The van der Waals surface area contributed by atoms with Crippen LogP contribution in [-0.4, -0.2) is 72.8 Å². The zero-order chi connectivity index (χ0) is 30.4. The van der Waals surface area contributed by atoms with Crippen molar-refractivity contribution in [1.29, 1.82) is 0 Å². The number of para-hydroxylation sites is 1. The van der Waals surface area contributed by atoms with Crippen LogP contribution in [-0.2, 0) is 10.1 Å². The van der Waals surface area contributed by atoms with Crippen LogP contribution in [0.25, 0.3) is 0 Å². The molecule has 0 aromatic heterocycles. The van der Waals surface area contributed by atoms with E-state index in [-0.39, 0.29) is 35.6 Å². The summed E-state index contributed by atoms with van der Waals surface area (Å²) in [5, 5.41) is 0. The predicted octanol–water partition coefficient (Wildman–Crippen LogP) is 2.56. The van der Waals surface area contributed by atoms with Crippen LogP contribution in [0.2, 0.25) is 0 Å². The van der Waals surface area contributed by atoms with E-state index in [9.17, 15) is 83.6 Å². The maximum Gasteiger partial charge on any atom is 1.00 e. The first kappa shape index (κ1) is 37.6. The van der Waals surface area contributed by atoms with E-state index in [0.29, 0.717) is 12.1 Å². The molecule has 1 rings (SSSR count). The number of alkyl halides is 15. The van der Waals surface area contributed by atoms with Crippen LogP contribution in [0.15, 0.2) is 24.3 Å². The van der Waals surface area contributed by atoms with E-state index < -0.39 is 87.7 Å². The van der Waals surface area contributed by atoms with Gasteiger partial charge in [0, 0.05) is 5.75 Å². The van der Waals surface area contributed by atoms with Crippen molar-refractivity contribution in [2.75, 3.05) is 12.4 Å². The summed E-state index contributed by atoms with van der Waals surface area (Å²) >= 11 is 0. The maximum atomic E-state index is 14.2. The van der Waals surface area contributed by atoms with Gasteiger partial charge in [-0.3, -0.25) is 4.79 Å². The number of carbonyl (C=O) groups is 1. The van der Waals surface area contributed by atoms with Crippen molar-refractivity contribution >= 4 is 15.9 Å². The number of ketones is 1. The zero-order valence-electron chi connectivity index (χ0n) is 18.5. The van der Waals surface area contributed by atoms with E-state index in [4.69, 9.17) is 0 Å². The second-order valence-electron chi connectivity index (χ2n) is 7.23. The Balaban J connectivity index is 0.0000144. The molecule has 220 valence electrons. The summed E-state index contributed by atoms with van der Waals surface area (Å²) in [6, 6.07) is 1.93. The fourth-order valence-corrected chi connectivity index (χ4v) is 2.95. The second-order valence-corrected chi connectivity index (χ2v) is 8.76. The molecule has 0 aliphatic heterocycles. The van der Waals surface area contributed by atoms with Gasteiger partial charge in [0.05, 0.1) is 22.3 Å². The molecule has 5 nitrogen and oxygen atoms in total. The Hall–Kier alpha value is -1.45. The Morgan fingerprint density at radius 3 is 1.56 bits per heavy atom. The van der Waals surface area contributed by atoms with Crippen molar-refractivity contribution in [1.82, 2.24) is 0 Å². The second kappa shape index (κ2) is 11.4. The summed E-state index contributed by atoms with van der Waals surface area (Å²) in [6.45, 7) is -0.944. The first-order valence-electron chi connectivity index (χ1n) is 9.15. The van der Waals surface area contributed by atoms with E-state index >= 15 is 0 Å². The molecule has 0 saturated carbocycles. The van der Waals surface area contributed by atoms with Gasteiger partial charge in [-0.25, -0.2) is 8.42 Å². The fourth-order valence-electron chi connectivity index (χ4n) is 2.48. The number of carbonyl (C=O) groups excluding carboxylic acids is 1. The van der Waals surface area contributed by atoms with Crippen molar-refractivity contribution in [3.63, 3.8) is 0 Å². The number of Topliss-reactive ketones (excluding diaryl/α,β-unsaturated/α-hetero) is 1. The van der Waals surface area contributed by atoms with Gasteiger partial charge in [-0.1, -0.05) is 12.1 Å². The quantitative estimate of drug-likeness (QED) is 0.116. The van der Waals surface area contributed by atoms with Crippen molar-refractivity contribution in [2.24, 2.45) is 0 Å². The summed E-state index contributed by atoms with van der Waals surface area (Å²) in [7, 11) is -4.87. The van der Waals surface area contributed by atoms with Gasteiger partial charge in [-0.15, -0.1) is 0 Å². The minimum absolute atomic E-state index is 0. The van der Waals surface area contributed by atoms with Crippen LogP contribution in [0.5, 0.6) is 5.75 Å². The molecule has 0 saturated heterocycles. The smallest absolute Gasteiger partial charge is 0.748 e. The molecule has 1 aromatic carbocycles. The molecular weight excluding hydrogens is 624 g/mol. The maximum absolute atomic E-state index is 14.2. The third-order valence-corrected chi connectivity index (χ3v) is 5.33. The van der Waals surface area contributed by atoms with Crippen LogP contribution < -0.4 is 34.3 Å². The van der Waals surface area contributed by atoms with E-state index in [1.807, 2.05) is 0 Å². The first-order valence-corrected chi connectivity index (χ1v) is 10.7. The Morgan fingerprint density at radius 1 is 0.718 bits per heavy atom. The third-order valence-electron chi connectivity index (χ3n) is 4.54. The van der Waals surface area contributed by atoms with Gasteiger partial charge in [0.1, 0.15) is 5.75 Å². The van der Waals surface area contributed by atoms with E-state index in [1.54, 1.807) is 0 Å². The molecule has 0 aliphatic carbocycles. The molecule has 0 amide bonds. The van der Waals surface area contributed by atoms with Gasteiger partial charge in [-0.2, -0.15) is 65.9 Å². The molecule has 1 aromatic rings. The molecular formula is C17H10F15NaO5S. The summed E-state index contributed by atoms with van der Waals surface area (Å²) < 4.78 is 236. The average Bonchev–Trinajstić information content (AvgIpc) is 2.74. The summed E-state index contributed by atoms with van der Waals surface area (Å²) in [6.07, 6.45) is -8.49. The SMILES string of the molecule is O=C(c1ccccc1OCCCS(=O)(=O)[O-])C(F)(F)C(F)(F)C(F)(F)C(F)(F)C(F)(F)C(F)(F)C(F)(F)F.[Na+]. The van der Waals surface area contributed by atoms with Crippen LogP contribution in [0.3, 0.4) is 0 Å². The van der Waals surface area contributed by atoms with Crippen LogP contribution in [0, 0.1) is 0 Å². The molecule has 0 radical (unpaired) electrons. The number of benzene rings is 1. The molecule has 0 bridgehead atoms. The normalized spacial score (nSPS) is 14.6. The summed E-state index contributed by atoms with van der Waals surface area (Å²) in [5.74, 6) is -54.8. The molecule has 0 N–H and O–H groups in total. The number of hydrogen-bond acceptors (Lipinski definition) is 5. The Kier molecular flexibility index (Phi) is 11.0. The van der Waals surface area contributed by atoms with Gasteiger partial charge in [0.15, 0.2) is 0 Å². The van der Waals surface area contributed by atoms with Crippen LogP contribution in [0.1, 0.15) is 16.8 Å². The number of rotatable bonds is 12. The Labute approximate surface area is 229 Å². The third kappa shape index (κ3) is 6.56. The predicted molar refractivity (Wildman–Crippen MR) is 91.2 cm³/mol. The zero-order valence-corrected chi connectivity index (χ0v) is 21.4. The minimum atomic E-state index is -8.55. The standard InChI is InChI=1S/C17H11F15O5S.Na/c18-11(19,10(33)8-4-1-2-5-9(8)37-6-3-7-38(34,35)36)12(20,21)13(22,23)14(24,25)15(26,27)16(28,29)17(30,31)32;/h1-2,4-5H,3,6-7H2,(H,34,35,36);/q;+1/p-1. The summed E-state index contributed by atoms with van der Waals surface area (Å²) in [4.78, 5) is 12.0. The van der Waals surface area contributed by atoms with E-state index in [0.717, 1.165) is 6.07 Å². The van der Waals surface area contributed by atoms with Crippen molar-refractivity contribution in [2.45, 2.75) is 48.1 Å². The van der Waals surface area contributed by atoms with E-state index in [1.165, 1.54) is 0 Å². The van der Waals surface area contributed by atoms with Gasteiger partial charge >= 0.3 is 71.3 Å². The molecule has 0 aliphatic rings. The molecule has 0 fully saturated rings. The molecule has 0 spiro atoms. The number of ether oxygens (including phenoxy) is 1. The van der Waals surface area contributed by atoms with Gasteiger partial charge in [0.2, 0.25) is 5.78 Å². The Bertz CT molecular complexity index is 1140. The van der Waals surface area contributed by atoms with Crippen molar-refractivity contribution < 1.29 is 118 Å². The molecule has 0 atom stereocenters. The largest absolute Gasteiger partial charge is 1.00 e. The average molecular weight is 634 g/mol. The number of halogens is 15. The first-order chi connectivity index (χ1) is 16.6. The molecule has 22 heteroatoms. The van der Waals surface area contributed by atoms with Gasteiger partial charge < -0.3 is 9.29 Å². The monoisotopic (exact) mass is 634 g/mol. The van der Waals surface area contributed by atoms with Gasteiger partial charge in [-0.05, 0) is 18.6 Å². The Morgan fingerprint density at radius 2 is 1.13 bits per heavy atom. The summed E-state index contributed by atoms with van der Waals surface area (Å²) in [5.41, 5.74) is -1.85. The molecule has 0 heterocycles. The topological polar surface area (TPSA) is 83.5 Å².